The topological polar surface area (TPSA) is 58.1 Å². The maximum atomic E-state index is 13.4. The minimum Gasteiger partial charge on any atom is -0.350 e. The summed E-state index contributed by atoms with van der Waals surface area (Å²) in [6, 6.07) is 18.0. The second-order valence-corrected chi connectivity index (χ2v) is 8.78. The Bertz CT molecular complexity index is 1170. The van der Waals surface area contributed by atoms with Crippen LogP contribution in [0.1, 0.15) is 34.1 Å². The van der Waals surface area contributed by atoms with Crippen molar-refractivity contribution < 1.29 is 4.79 Å². The van der Waals surface area contributed by atoms with E-state index in [4.69, 9.17) is 4.98 Å². The van der Waals surface area contributed by atoms with Crippen LogP contribution in [0.2, 0.25) is 0 Å². The number of carbonyl (C=O) groups is 1. The molecule has 1 aliphatic rings. The molecule has 0 bridgehead atoms. The van der Waals surface area contributed by atoms with E-state index < -0.39 is 0 Å². The zero-order chi connectivity index (χ0) is 21.0. The largest absolute Gasteiger partial charge is 0.350 e. The molecule has 5 nitrogen and oxygen atoms in total. The van der Waals surface area contributed by atoms with Crippen molar-refractivity contribution in [1.82, 2.24) is 20.2 Å². The third kappa shape index (κ3) is 4.22. The summed E-state index contributed by atoms with van der Waals surface area (Å²) in [7, 11) is 0. The van der Waals surface area contributed by atoms with Gasteiger partial charge < -0.3 is 5.32 Å². The molecule has 0 saturated carbocycles. The number of para-hydroxylation sites is 1. The van der Waals surface area contributed by atoms with E-state index in [0.29, 0.717) is 12.1 Å². The first kappa shape index (κ1) is 19.8. The van der Waals surface area contributed by atoms with Gasteiger partial charge in [0.15, 0.2) is 0 Å². The van der Waals surface area contributed by atoms with Crippen LogP contribution in [0.15, 0.2) is 72.4 Å². The maximum Gasteiger partial charge on any atom is 0.252 e. The Morgan fingerprint density at radius 2 is 1.97 bits per heavy atom. The van der Waals surface area contributed by atoms with E-state index in [1.165, 1.54) is 17.7 Å². The van der Waals surface area contributed by atoms with E-state index in [9.17, 15) is 4.79 Å². The molecule has 31 heavy (non-hydrogen) atoms. The smallest absolute Gasteiger partial charge is 0.252 e. The van der Waals surface area contributed by atoms with Crippen LogP contribution >= 0.6 is 11.3 Å². The molecule has 4 aromatic rings. The van der Waals surface area contributed by atoms with Crippen LogP contribution < -0.4 is 5.32 Å². The predicted octanol–water partition coefficient (Wildman–Crippen LogP) is 4.93. The third-order valence-corrected chi connectivity index (χ3v) is 6.80. The molecule has 1 unspecified atom stereocenters. The van der Waals surface area contributed by atoms with E-state index in [0.717, 1.165) is 35.2 Å². The summed E-state index contributed by atoms with van der Waals surface area (Å²) in [6.45, 7) is 2.77. The average Bonchev–Trinajstić information content (AvgIpc) is 3.54. The highest BCUT2D eigenvalue weighted by Gasteiger charge is 2.25. The number of carbonyl (C=O) groups excluding carboxylic acids is 1. The van der Waals surface area contributed by atoms with Gasteiger partial charge in [0, 0.05) is 34.8 Å². The number of benzene rings is 1. The van der Waals surface area contributed by atoms with Gasteiger partial charge in [-0.25, -0.2) is 4.98 Å². The Kier molecular flexibility index (Phi) is 5.74. The summed E-state index contributed by atoms with van der Waals surface area (Å²) < 4.78 is 0. The van der Waals surface area contributed by atoms with Gasteiger partial charge in [0.2, 0.25) is 0 Å². The van der Waals surface area contributed by atoms with Crippen LogP contribution in [-0.4, -0.2) is 40.4 Å². The fourth-order valence-electron chi connectivity index (χ4n) is 4.25. The van der Waals surface area contributed by atoms with Crippen molar-refractivity contribution in [3.8, 4) is 11.3 Å². The van der Waals surface area contributed by atoms with Gasteiger partial charge in [-0.05, 0) is 61.6 Å². The highest BCUT2D eigenvalue weighted by Crippen LogP contribution is 2.29. The van der Waals surface area contributed by atoms with Crippen LogP contribution in [0, 0.1) is 0 Å². The molecule has 156 valence electrons. The van der Waals surface area contributed by atoms with Crippen molar-refractivity contribution in [2.24, 2.45) is 0 Å². The third-order valence-electron chi connectivity index (χ3n) is 5.83. The molecule has 0 radical (unpaired) electrons. The molecular formula is C25H24N4OS. The van der Waals surface area contributed by atoms with Gasteiger partial charge in [-0.2, -0.15) is 0 Å². The normalized spacial score (nSPS) is 15.2. The molecule has 1 aliphatic heterocycles. The summed E-state index contributed by atoms with van der Waals surface area (Å²) >= 11 is 1.76. The van der Waals surface area contributed by atoms with Crippen LogP contribution in [0.5, 0.6) is 0 Å². The number of aromatic nitrogens is 2. The second kappa shape index (κ2) is 8.96. The molecule has 1 N–H and O–H groups in total. The number of pyridine rings is 2. The summed E-state index contributed by atoms with van der Waals surface area (Å²) in [4.78, 5) is 26.1. The van der Waals surface area contributed by atoms with E-state index in [-0.39, 0.29) is 11.9 Å². The van der Waals surface area contributed by atoms with Gasteiger partial charge in [-0.1, -0.05) is 24.3 Å². The quantitative estimate of drug-likeness (QED) is 0.473. The van der Waals surface area contributed by atoms with Crippen LogP contribution in [0.4, 0.5) is 0 Å². The van der Waals surface area contributed by atoms with Crippen LogP contribution in [0.25, 0.3) is 22.2 Å². The lowest BCUT2D eigenvalue weighted by atomic mass is 10.0. The minimum atomic E-state index is -0.0653. The fraction of sp³-hybridized carbons (Fsp3) is 0.240. The van der Waals surface area contributed by atoms with Crippen molar-refractivity contribution in [3.05, 3.63) is 82.8 Å². The lowest BCUT2D eigenvalue weighted by molar-refractivity contribution is 0.0940. The SMILES string of the molecule is O=C(NCC(c1cccs1)N1CCCC1)c1cc(-c2cccnc2)nc2ccccc12. The molecule has 6 heteroatoms. The van der Waals surface area contributed by atoms with Gasteiger partial charge in [0.25, 0.3) is 5.91 Å². The van der Waals surface area contributed by atoms with Crippen molar-refractivity contribution in [2.45, 2.75) is 18.9 Å². The standard InChI is InChI=1S/C25H24N4OS/c30-25(27-17-23(24-10-6-14-31-24)29-12-3-4-13-29)20-15-22(18-7-5-11-26-16-18)28-21-9-2-1-8-19(20)21/h1-2,5-11,14-16,23H,3-4,12-13,17H2,(H,27,30). The molecule has 1 amide bonds. The molecule has 1 atom stereocenters. The molecule has 1 aromatic carbocycles. The second-order valence-electron chi connectivity index (χ2n) is 7.80. The van der Waals surface area contributed by atoms with Crippen molar-refractivity contribution in [2.75, 3.05) is 19.6 Å². The number of amides is 1. The zero-order valence-corrected chi connectivity index (χ0v) is 18.0. The predicted molar refractivity (Wildman–Crippen MR) is 125 cm³/mol. The highest BCUT2D eigenvalue weighted by atomic mass is 32.1. The average molecular weight is 429 g/mol. The number of rotatable bonds is 6. The Labute approximate surface area is 185 Å². The zero-order valence-electron chi connectivity index (χ0n) is 17.2. The highest BCUT2D eigenvalue weighted by molar-refractivity contribution is 7.10. The first-order valence-corrected chi connectivity index (χ1v) is 11.5. The summed E-state index contributed by atoms with van der Waals surface area (Å²) in [5.74, 6) is -0.0653. The van der Waals surface area contributed by atoms with Gasteiger partial charge in [0.1, 0.15) is 0 Å². The molecular weight excluding hydrogens is 404 g/mol. The number of hydrogen-bond acceptors (Lipinski definition) is 5. The number of nitrogens with one attached hydrogen (secondary N) is 1. The first-order valence-electron chi connectivity index (χ1n) is 10.7. The summed E-state index contributed by atoms with van der Waals surface area (Å²) in [5.41, 5.74) is 3.11. The Hall–Kier alpha value is -3.09. The minimum absolute atomic E-state index is 0.0653. The Balaban J connectivity index is 1.45. The number of fused-ring (bicyclic) bond motifs is 1. The maximum absolute atomic E-state index is 13.4. The van der Waals surface area contributed by atoms with Crippen molar-refractivity contribution in [3.63, 3.8) is 0 Å². The monoisotopic (exact) mass is 428 g/mol. The van der Waals surface area contributed by atoms with E-state index in [1.807, 2.05) is 42.5 Å². The number of likely N-dealkylation sites (tertiary alicyclic amines) is 1. The van der Waals surface area contributed by atoms with E-state index in [1.54, 1.807) is 23.7 Å². The Morgan fingerprint density at radius 3 is 2.74 bits per heavy atom. The summed E-state index contributed by atoms with van der Waals surface area (Å²) in [6.07, 6.45) is 5.96. The Morgan fingerprint density at radius 1 is 1.10 bits per heavy atom. The number of nitrogens with zero attached hydrogens (tertiary/aromatic N) is 3. The molecule has 5 rings (SSSR count). The van der Waals surface area contributed by atoms with Crippen LogP contribution in [-0.2, 0) is 0 Å². The molecule has 1 saturated heterocycles. The van der Waals surface area contributed by atoms with E-state index >= 15 is 0 Å². The van der Waals surface area contributed by atoms with E-state index in [2.05, 4.69) is 32.7 Å². The first-order chi connectivity index (χ1) is 15.3. The van der Waals surface area contributed by atoms with Crippen molar-refractivity contribution in [1.29, 1.82) is 0 Å². The van der Waals surface area contributed by atoms with Crippen molar-refractivity contribution >= 4 is 28.1 Å². The molecule has 1 fully saturated rings. The molecule has 0 spiro atoms. The fourth-order valence-corrected chi connectivity index (χ4v) is 5.11. The van der Waals surface area contributed by atoms with Gasteiger partial charge in [-0.15, -0.1) is 11.3 Å². The number of hydrogen-bond donors (Lipinski definition) is 1. The number of thiophene rings is 1. The lowest BCUT2D eigenvalue weighted by Crippen LogP contribution is -2.36. The van der Waals surface area contributed by atoms with Gasteiger partial charge in [-0.3, -0.25) is 14.7 Å². The summed E-state index contributed by atoms with van der Waals surface area (Å²) in [5, 5.41) is 6.19. The molecule has 3 aromatic heterocycles. The molecule has 4 heterocycles. The lowest BCUT2D eigenvalue weighted by Gasteiger charge is -2.27. The van der Waals surface area contributed by atoms with Gasteiger partial charge >= 0.3 is 0 Å². The van der Waals surface area contributed by atoms with Gasteiger partial charge in [0.05, 0.1) is 22.8 Å². The van der Waals surface area contributed by atoms with Crippen LogP contribution in [0.3, 0.4) is 0 Å². The molecule has 0 aliphatic carbocycles.